The van der Waals surface area contributed by atoms with Crippen molar-refractivity contribution in [2.24, 2.45) is 5.92 Å². The lowest BCUT2D eigenvalue weighted by Gasteiger charge is -2.68. The number of benzene rings is 1. The van der Waals surface area contributed by atoms with Gasteiger partial charge in [0.25, 0.3) is 0 Å². The minimum Gasteiger partial charge on any atom is -0.458 e. The summed E-state index contributed by atoms with van der Waals surface area (Å²) in [7, 11) is 0. The number of hydrogen-bond donors (Lipinski definition) is 1. The molecule has 1 aromatic carbocycles. The molecule has 4 nitrogen and oxygen atoms in total. The summed E-state index contributed by atoms with van der Waals surface area (Å²) in [5.41, 5.74) is 1.86. The van der Waals surface area contributed by atoms with Gasteiger partial charge in [-0.25, -0.2) is 0 Å². The summed E-state index contributed by atoms with van der Waals surface area (Å²) in [6.45, 7) is 7.83. The van der Waals surface area contributed by atoms with Crippen LogP contribution in [0.2, 0.25) is 0 Å². The number of rotatable bonds is 6. The van der Waals surface area contributed by atoms with Gasteiger partial charge in [-0.3, -0.25) is 9.59 Å². The molecule has 130 valence electrons. The first-order chi connectivity index (χ1) is 11.2. The molecule has 0 radical (unpaired) electrons. The maximum atomic E-state index is 12.5. The van der Waals surface area contributed by atoms with Crippen LogP contribution in [-0.2, 0) is 20.7 Å². The van der Waals surface area contributed by atoms with Gasteiger partial charge >= 0.3 is 5.97 Å². The summed E-state index contributed by atoms with van der Waals surface area (Å²) in [6.07, 6.45) is 3.32. The van der Waals surface area contributed by atoms with E-state index in [1.807, 2.05) is 19.1 Å². The second kappa shape index (κ2) is 5.91. The zero-order chi connectivity index (χ0) is 17.5. The van der Waals surface area contributed by atoms with Crippen molar-refractivity contribution < 1.29 is 14.3 Å². The van der Waals surface area contributed by atoms with Gasteiger partial charge in [0.05, 0.1) is 11.5 Å². The van der Waals surface area contributed by atoms with Crippen LogP contribution in [0.4, 0.5) is 0 Å². The lowest BCUT2D eigenvalue weighted by molar-refractivity contribution is -0.243. The van der Waals surface area contributed by atoms with Crippen molar-refractivity contribution in [2.45, 2.75) is 70.4 Å². The average molecular weight is 329 g/mol. The summed E-state index contributed by atoms with van der Waals surface area (Å²) < 4.78 is 5.77. The van der Waals surface area contributed by atoms with Gasteiger partial charge in [-0.2, -0.15) is 0 Å². The minimum atomic E-state index is -0.328. The summed E-state index contributed by atoms with van der Waals surface area (Å²) in [6, 6.07) is 8.27. The van der Waals surface area contributed by atoms with E-state index in [9.17, 15) is 9.59 Å². The van der Waals surface area contributed by atoms with Crippen LogP contribution in [0.15, 0.2) is 24.3 Å². The lowest BCUT2D eigenvalue weighted by Crippen LogP contribution is -2.79. The predicted octanol–water partition coefficient (Wildman–Crippen LogP) is 3.34. The molecule has 4 rings (SSSR count). The Morgan fingerprint density at radius 3 is 2.21 bits per heavy atom. The Morgan fingerprint density at radius 2 is 1.71 bits per heavy atom. The van der Waals surface area contributed by atoms with E-state index in [-0.39, 0.29) is 28.9 Å². The first kappa shape index (κ1) is 17.0. The van der Waals surface area contributed by atoms with Gasteiger partial charge in [-0.15, -0.1) is 0 Å². The molecule has 24 heavy (non-hydrogen) atoms. The van der Waals surface area contributed by atoms with E-state index in [1.54, 1.807) is 0 Å². The van der Waals surface area contributed by atoms with Crippen LogP contribution in [0.3, 0.4) is 0 Å². The molecular formula is C20H27NO3. The summed E-state index contributed by atoms with van der Waals surface area (Å²) >= 11 is 0. The third kappa shape index (κ3) is 3.19. The van der Waals surface area contributed by atoms with Crippen molar-refractivity contribution in [3.8, 4) is 0 Å². The second-order valence-corrected chi connectivity index (χ2v) is 8.16. The van der Waals surface area contributed by atoms with Crippen LogP contribution in [0, 0.1) is 5.92 Å². The zero-order valence-electron chi connectivity index (χ0n) is 15.0. The molecule has 1 unspecified atom stereocenters. The van der Waals surface area contributed by atoms with E-state index in [2.05, 4.69) is 31.3 Å². The van der Waals surface area contributed by atoms with Gasteiger partial charge in [0.15, 0.2) is 0 Å². The quantitative estimate of drug-likeness (QED) is 0.814. The molecule has 2 bridgehead atoms. The molecule has 0 saturated heterocycles. The normalized spacial score (nSPS) is 28.5. The number of carbonyl (C=O) groups excluding carboxylic acids is 2. The molecule has 0 aliphatic heterocycles. The molecule has 3 aliphatic carbocycles. The first-order valence-electron chi connectivity index (χ1n) is 8.83. The van der Waals surface area contributed by atoms with Crippen LogP contribution < -0.4 is 5.32 Å². The number of nitrogens with one attached hydrogen (secondary N) is 1. The van der Waals surface area contributed by atoms with Crippen molar-refractivity contribution >= 4 is 11.9 Å². The standard InChI is InChI=1S/C20H27NO3/c1-13(2)9-16-5-7-17(8-6-16)14(3)18(23)24-20-10-19(11-20,12-20)21-15(4)22/h5-8,13-14H,9-12H2,1-4H3,(H,21,22). The van der Waals surface area contributed by atoms with E-state index >= 15 is 0 Å². The second-order valence-electron chi connectivity index (χ2n) is 8.16. The molecule has 3 aliphatic rings. The van der Waals surface area contributed by atoms with E-state index < -0.39 is 0 Å². The van der Waals surface area contributed by atoms with Crippen molar-refractivity contribution in [1.82, 2.24) is 5.32 Å². The fourth-order valence-electron chi connectivity index (χ4n) is 4.16. The molecule has 4 heteroatoms. The maximum absolute atomic E-state index is 12.5. The molecule has 0 heterocycles. The lowest BCUT2D eigenvalue weighted by atomic mass is 9.46. The Hall–Kier alpha value is -1.84. The van der Waals surface area contributed by atoms with Gasteiger partial charge in [-0.1, -0.05) is 38.1 Å². The maximum Gasteiger partial charge on any atom is 0.313 e. The van der Waals surface area contributed by atoms with E-state index in [1.165, 1.54) is 12.5 Å². The number of amides is 1. The highest BCUT2D eigenvalue weighted by Gasteiger charge is 2.71. The Morgan fingerprint density at radius 1 is 1.12 bits per heavy atom. The molecule has 3 fully saturated rings. The van der Waals surface area contributed by atoms with Crippen molar-refractivity contribution in [3.05, 3.63) is 35.4 Å². The molecule has 1 N–H and O–H groups in total. The van der Waals surface area contributed by atoms with Gasteiger partial charge < -0.3 is 10.1 Å². The largest absolute Gasteiger partial charge is 0.458 e. The molecular weight excluding hydrogens is 302 g/mol. The van der Waals surface area contributed by atoms with Gasteiger partial charge in [0, 0.05) is 26.2 Å². The van der Waals surface area contributed by atoms with Crippen LogP contribution in [-0.4, -0.2) is 23.0 Å². The topological polar surface area (TPSA) is 55.4 Å². The summed E-state index contributed by atoms with van der Waals surface area (Å²) in [5.74, 6) is 0.189. The molecule has 1 amide bonds. The molecule has 1 atom stereocenters. The minimum absolute atomic E-state index is 0.00974. The van der Waals surface area contributed by atoms with E-state index in [4.69, 9.17) is 4.74 Å². The molecule has 3 saturated carbocycles. The fraction of sp³-hybridized carbons (Fsp3) is 0.600. The number of esters is 1. The molecule has 0 spiro atoms. The van der Waals surface area contributed by atoms with E-state index in [0.717, 1.165) is 31.2 Å². The Bertz CT molecular complexity index is 628. The van der Waals surface area contributed by atoms with Crippen LogP contribution in [0.1, 0.15) is 64.0 Å². The van der Waals surface area contributed by atoms with Crippen LogP contribution >= 0.6 is 0 Å². The number of carbonyl (C=O) groups is 2. The number of ether oxygens (including phenoxy) is 1. The van der Waals surface area contributed by atoms with Gasteiger partial charge in [-0.05, 0) is 30.4 Å². The molecule has 0 aromatic heterocycles. The van der Waals surface area contributed by atoms with Crippen LogP contribution in [0.25, 0.3) is 0 Å². The third-order valence-corrected chi connectivity index (χ3v) is 5.22. The predicted molar refractivity (Wildman–Crippen MR) is 92.6 cm³/mol. The van der Waals surface area contributed by atoms with E-state index in [0.29, 0.717) is 5.92 Å². The van der Waals surface area contributed by atoms with Gasteiger partial charge in [0.1, 0.15) is 5.60 Å². The number of hydrogen-bond acceptors (Lipinski definition) is 3. The van der Waals surface area contributed by atoms with Crippen molar-refractivity contribution in [3.63, 3.8) is 0 Å². The van der Waals surface area contributed by atoms with Crippen molar-refractivity contribution in [2.75, 3.05) is 0 Å². The van der Waals surface area contributed by atoms with Gasteiger partial charge in [0.2, 0.25) is 5.91 Å². The smallest absolute Gasteiger partial charge is 0.313 e. The fourth-order valence-corrected chi connectivity index (χ4v) is 4.16. The Kier molecular flexibility index (Phi) is 4.18. The summed E-state index contributed by atoms with van der Waals surface area (Å²) in [5, 5.41) is 2.97. The Balaban J connectivity index is 1.54. The monoisotopic (exact) mass is 329 g/mol. The van der Waals surface area contributed by atoms with Crippen molar-refractivity contribution in [1.29, 1.82) is 0 Å². The highest BCUT2D eigenvalue weighted by molar-refractivity contribution is 5.79. The highest BCUT2D eigenvalue weighted by Crippen LogP contribution is 2.62. The Labute approximate surface area is 144 Å². The van der Waals surface area contributed by atoms with Crippen LogP contribution in [0.5, 0.6) is 0 Å². The molecule has 1 aromatic rings. The zero-order valence-corrected chi connectivity index (χ0v) is 15.0. The summed E-state index contributed by atoms with van der Waals surface area (Å²) in [4.78, 5) is 23.6. The third-order valence-electron chi connectivity index (χ3n) is 5.22. The first-order valence-corrected chi connectivity index (χ1v) is 8.83. The SMILES string of the molecule is CC(=O)NC12CC(OC(=O)C(C)c3ccc(CC(C)C)cc3)(C1)C2. The average Bonchev–Trinajstić information content (AvgIpc) is 2.42. The highest BCUT2D eigenvalue weighted by atomic mass is 16.6.